The van der Waals surface area contributed by atoms with Crippen LogP contribution in [0.15, 0.2) is 17.7 Å². The van der Waals surface area contributed by atoms with Crippen LogP contribution in [-0.2, 0) is 0 Å². The lowest BCUT2D eigenvalue weighted by molar-refractivity contribution is 0.397. The standard InChI is InChI=1S/C16H25NS/c1-3-17-12-15(14-7-5-4-6-8-14)11-16-10-9-13(2)18-16/h9-11,14,17H,3-8,12H2,1-2H3. The third-order valence-electron chi connectivity index (χ3n) is 3.80. The molecule has 1 aliphatic rings. The monoisotopic (exact) mass is 263 g/mol. The van der Waals surface area contributed by atoms with E-state index in [4.69, 9.17) is 0 Å². The highest BCUT2D eigenvalue weighted by Gasteiger charge is 2.17. The number of likely N-dealkylation sites (N-methyl/N-ethyl adjacent to an activating group) is 1. The lowest BCUT2D eigenvalue weighted by Crippen LogP contribution is -2.21. The molecule has 1 nitrogen and oxygen atoms in total. The van der Waals surface area contributed by atoms with Crippen LogP contribution in [-0.4, -0.2) is 13.1 Å². The molecule has 1 fully saturated rings. The molecule has 1 aromatic heterocycles. The van der Waals surface area contributed by atoms with E-state index in [1.807, 2.05) is 11.3 Å². The summed E-state index contributed by atoms with van der Waals surface area (Å²) in [6, 6.07) is 4.48. The molecule has 0 saturated heterocycles. The van der Waals surface area contributed by atoms with Crippen molar-refractivity contribution >= 4 is 17.4 Å². The van der Waals surface area contributed by atoms with Gasteiger partial charge in [-0.15, -0.1) is 11.3 Å². The van der Waals surface area contributed by atoms with Gasteiger partial charge in [0.05, 0.1) is 0 Å². The van der Waals surface area contributed by atoms with Gasteiger partial charge in [0.15, 0.2) is 0 Å². The van der Waals surface area contributed by atoms with Crippen LogP contribution in [0.4, 0.5) is 0 Å². The summed E-state index contributed by atoms with van der Waals surface area (Å²) >= 11 is 1.91. The van der Waals surface area contributed by atoms with Gasteiger partial charge in [-0.3, -0.25) is 0 Å². The van der Waals surface area contributed by atoms with E-state index in [1.54, 1.807) is 5.57 Å². The third kappa shape index (κ3) is 3.96. The molecule has 2 heteroatoms. The predicted octanol–water partition coefficient (Wildman–Crippen LogP) is 4.63. The Bertz CT molecular complexity index is 386. The first kappa shape index (κ1) is 13.8. The van der Waals surface area contributed by atoms with Gasteiger partial charge in [0.2, 0.25) is 0 Å². The summed E-state index contributed by atoms with van der Waals surface area (Å²) in [5.74, 6) is 0.820. The second-order valence-electron chi connectivity index (χ2n) is 5.28. The topological polar surface area (TPSA) is 12.0 Å². The highest BCUT2D eigenvalue weighted by atomic mass is 32.1. The van der Waals surface area contributed by atoms with Gasteiger partial charge < -0.3 is 5.32 Å². The average molecular weight is 263 g/mol. The highest BCUT2D eigenvalue weighted by Crippen LogP contribution is 2.31. The molecule has 18 heavy (non-hydrogen) atoms. The van der Waals surface area contributed by atoms with Crippen molar-refractivity contribution in [1.82, 2.24) is 5.32 Å². The van der Waals surface area contributed by atoms with E-state index in [-0.39, 0.29) is 0 Å². The molecule has 1 heterocycles. The largest absolute Gasteiger partial charge is 0.313 e. The van der Waals surface area contributed by atoms with Gasteiger partial charge in [-0.25, -0.2) is 0 Å². The maximum Gasteiger partial charge on any atom is 0.0273 e. The molecule has 1 aromatic rings. The highest BCUT2D eigenvalue weighted by molar-refractivity contribution is 7.12. The average Bonchev–Trinajstić information content (AvgIpc) is 2.81. The molecular formula is C16H25NS. The molecule has 0 spiro atoms. The SMILES string of the molecule is CCNCC(=Cc1ccc(C)s1)C1CCCCC1. The van der Waals surface area contributed by atoms with Crippen LogP contribution in [0.3, 0.4) is 0 Å². The number of nitrogens with one attached hydrogen (secondary N) is 1. The Balaban J connectivity index is 2.10. The van der Waals surface area contributed by atoms with Crippen molar-refractivity contribution in [2.24, 2.45) is 5.92 Å². The number of hydrogen-bond donors (Lipinski definition) is 1. The Morgan fingerprint density at radius 1 is 1.33 bits per heavy atom. The molecule has 0 radical (unpaired) electrons. The summed E-state index contributed by atoms with van der Waals surface area (Å²) in [6.45, 7) is 6.51. The minimum absolute atomic E-state index is 0.820. The van der Waals surface area contributed by atoms with Gasteiger partial charge in [-0.2, -0.15) is 0 Å². The maximum atomic E-state index is 3.51. The van der Waals surface area contributed by atoms with Crippen LogP contribution < -0.4 is 5.32 Å². The molecule has 0 aliphatic heterocycles. The first-order chi connectivity index (χ1) is 8.79. The smallest absolute Gasteiger partial charge is 0.0273 e. The summed E-state index contributed by atoms with van der Waals surface area (Å²) in [5.41, 5.74) is 1.62. The quantitative estimate of drug-likeness (QED) is 0.816. The minimum Gasteiger partial charge on any atom is -0.313 e. The van der Waals surface area contributed by atoms with Crippen molar-refractivity contribution in [3.63, 3.8) is 0 Å². The van der Waals surface area contributed by atoms with Crippen LogP contribution in [0.2, 0.25) is 0 Å². The fraction of sp³-hybridized carbons (Fsp3) is 0.625. The van der Waals surface area contributed by atoms with Crippen molar-refractivity contribution in [2.45, 2.75) is 46.0 Å². The predicted molar refractivity (Wildman–Crippen MR) is 82.2 cm³/mol. The number of thiophene rings is 1. The summed E-state index contributed by atoms with van der Waals surface area (Å²) in [6.07, 6.45) is 9.48. The molecule has 0 atom stereocenters. The van der Waals surface area contributed by atoms with Gasteiger partial charge >= 0.3 is 0 Å². The van der Waals surface area contributed by atoms with E-state index in [9.17, 15) is 0 Å². The zero-order chi connectivity index (χ0) is 12.8. The third-order valence-corrected chi connectivity index (χ3v) is 4.75. The van der Waals surface area contributed by atoms with Crippen LogP contribution in [0.25, 0.3) is 6.08 Å². The molecule has 1 saturated carbocycles. The van der Waals surface area contributed by atoms with Gasteiger partial charge in [-0.1, -0.05) is 31.8 Å². The number of aryl methyl sites for hydroxylation is 1. The van der Waals surface area contributed by atoms with Gasteiger partial charge in [-0.05, 0) is 50.4 Å². The molecule has 0 unspecified atom stereocenters. The van der Waals surface area contributed by atoms with Gasteiger partial charge in [0, 0.05) is 16.3 Å². The molecule has 100 valence electrons. The van der Waals surface area contributed by atoms with Crippen molar-refractivity contribution in [3.05, 3.63) is 27.5 Å². The second-order valence-corrected chi connectivity index (χ2v) is 6.60. The maximum absolute atomic E-state index is 3.51. The molecule has 1 aliphatic carbocycles. The number of hydrogen-bond acceptors (Lipinski definition) is 2. The lowest BCUT2D eigenvalue weighted by atomic mass is 9.83. The molecule has 0 amide bonds. The van der Waals surface area contributed by atoms with Crippen LogP contribution in [0, 0.1) is 12.8 Å². The van der Waals surface area contributed by atoms with Crippen LogP contribution >= 0.6 is 11.3 Å². The van der Waals surface area contributed by atoms with E-state index in [2.05, 4.69) is 37.4 Å². The van der Waals surface area contributed by atoms with E-state index >= 15 is 0 Å². The van der Waals surface area contributed by atoms with Crippen molar-refractivity contribution in [3.8, 4) is 0 Å². The zero-order valence-corrected chi connectivity index (χ0v) is 12.5. The Morgan fingerprint density at radius 2 is 2.11 bits per heavy atom. The van der Waals surface area contributed by atoms with E-state index < -0.39 is 0 Å². The molecule has 1 N–H and O–H groups in total. The second kappa shape index (κ2) is 7.10. The fourth-order valence-electron chi connectivity index (χ4n) is 2.77. The Morgan fingerprint density at radius 3 is 2.72 bits per heavy atom. The van der Waals surface area contributed by atoms with Crippen molar-refractivity contribution < 1.29 is 0 Å². The zero-order valence-electron chi connectivity index (χ0n) is 11.7. The normalized spacial score (nSPS) is 18.2. The molecular weight excluding hydrogens is 238 g/mol. The lowest BCUT2D eigenvalue weighted by Gasteiger charge is -2.24. The minimum atomic E-state index is 0.820. The van der Waals surface area contributed by atoms with Crippen LogP contribution in [0.5, 0.6) is 0 Å². The fourth-order valence-corrected chi connectivity index (χ4v) is 3.62. The van der Waals surface area contributed by atoms with Crippen molar-refractivity contribution in [2.75, 3.05) is 13.1 Å². The summed E-state index contributed by atoms with van der Waals surface area (Å²) in [4.78, 5) is 2.83. The summed E-state index contributed by atoms with van der Waals surface area (Å²) < 4.78 is 0. The van der Waals surface area contributed by atoms with Crippen molar-refractivity contribution in [1.29, 1.82) is 0 Å². The first-order valence-corrected chi connectivity index (χ1v) is 8.09. The van der Waals surface area contributed by atoms with E-state index in [0.29, 0.717) is 0 Å². The molecule has 0 bridgehead atoms. The Kier molecular flexibility index (Phi) is 5.45. The van der Waals surface area contributed by atoms with Crippen LogP contribution in [0.1, 0.15) is 48.8 Å². The first-order valence-electron chi connectivity index (χ1n) is 7.27. The number of rotatable bonds is 5. The van der Waals surface area contributed by atoms with Gasteiger partial charge in [0.25, 0.3) is 0 Å². The van der Waals surface area contributed by atoms with E-state index in [0.717, 1.165) is 19.0 Å². The summed E-state index contributed by atoms with van der Waals surface area (Å²) in [7, 11) is 0. The summed E-state index contributed by atoms with van der Waals surface area (Å²) in [5, 5.41) is 3.51. The Hall–Kier alpha value is -0.600. The molecule has 2 rings (SSSR count). The molecule has 0 aromatic carbocycles. The Labute approximate surface area is 115 Å². The van der Waals surface area contributed by atoms with Gasteiger partial charge in [0.1, 0.15) is 0 Å². The van der Waals surface area contributed by atoms with E-state index in [1.165, 1.54) is 41.9 Å².